The largest absolute Gasteiger partial charge is 0.294 e. The van der Waals surface area contributed by atoms with E-state index in [0.29, 0.717) is 0 Å². The predicted molar refractivity (Wildman–Crippen MR) is 69.9 cm³/mol. The normalized spacial score (nSPS) is 10.4. The monoisotopic (exact) mass is 268 g/mol. The van der Waals surface area contributed by atoms with Crippen LogP contribution in [-0.2, 0) is 0 Å². The summed E-state index contributed by atoms with van der Waals surface area (Å²) >= 11 is 9.04. The van der Waals surface area contributed by atoms with Crippen LogP contribution in [0.2, 0.25) is 5.02 Å². The number of rotatable bonds is 3. The molecule has 0 saturated heterocycles. The van der Waals surface area contributed by atoms with Crippen molar-refractivity contribution in [3.63, 3.8) is 0 Å². The van der Waals surface area contributed by atoms with Gasteiger partial charge in [0.15, 0.2) is 5.78 Å². The van der Waals surface area contributed by atoms with Crippen molar-refractivity contribution in [3.8, 4) is 0 Å². The lowest BCUT2D eigenvalue weighted by Gasteiger charge is -1.98. The summed E-state index contributed by atoms with van der Waals surface area (Å²) in [5.41, 5.74) is 0. The van der Waals surface area contributed by atoms with Crippen molar-refractivity contribution < 1.29 is 4.79 Å². The van der Waals surface area contributed by atoms with Crippen LogP contribution >= 0.6 is 34.7 Å². The second-order valence-corrected chi connectivity index (χ2v) is 6.13. The number of hydrogen-bond acceptors (Lipinski definition) is 3. The van der Waals surface area contributed by atoms with Gasteiger partial charge in [0.05, 0.1) is 9.09 Å². The van der Waals surface area contributed by atoms with E-state index in [1.807, 2.05) is 36.4 Å². The Kier molecular flexibility index (Phi) is 3.69. The average molecular weight is 269 g/mol. The molecule has 0 aliphatic rings. The van der Waals surface area contributed by atoms with Crippen molar-refractivity contribution >= 4 is 40.5 Å². The Morgan fingerprint density at radius 2 is 2.12 bits per heavy atom. The third-order valence-electron chi connectivity index (χ3n) is 1.94. The summed E-state index contributed by atoms with van der Waals surface area (Å²) in [6.45, 7) is 1.58. The number of thiophene rings is 1. The lowest BCUT2D eigenvalue weighted by atomic mass is 10.4. The van der Waals surface area contributed by atoms with Crippen molar-refractivity contribution in [2.75, 3.05) is 0 Å². The fourth-order valence-corrected chi connectivity index (χ4v) is 3.52. The Morgan fingerprint density at radius 1 is 1.31 bits per heavy atom. The van der Waals surface area contributed by atoms with E-state index in [0.717, 1.165) is 19.0 Å². The molecule has 0 saturated carbocycles. The van der Waals surface area contributed by atoms with E-state index in [2.05, 4.69) is 0 Å². The number of ketones is 1. The van der Waals surface area contributed by atoms with E-state index in [-0.39, 0.29) is 5.78 Å². The van der Waals surface area contributed by atoms with Gasteiger partial charge in [0.25, 0.3) is 0 Å². The number of carbonyl (C=O) groups excluding carboxylic acids is 1. The van der Waals surface area contributed by atoms with Crippen LogP contribution in [0.15, 0.2) is 45.5 Å². The third-order valence-corrected chi connectivity index (χ3v) is 4.49. The maximum Gasteiger partial charge on any atom is 0.169 e. The molecular formula is C12H9ClOS2. The molecule has 0 aliphatic heterocycles. The Morgan fingerprint density at radius 3 is 2.75 bits per heavy atom. The first-order valence-electron chi connectivity index (χ1n) is 4.69. The second kappa shape index (κ2) is 5.04. The van der Waals surface area contributed by atoms with Crippen LogP contribution < -0.4 is 0 Å². The molecule has 0 unspecified atom stereocenters. The summed E-state index contributed by atoms with van der Waals surface area (Å²) in [6.07, 6.45) is 0. The van der Waals surface area contributed by atoms with Gasteiger partial charge in [-0.25, -0.2) is 0 Å². The molecule has 82 valence electrons. The molecule has 1 aromatic carbocycles. The molecule has 2 aromatic rings. The van der Waals surface area contributed by atoms with Crippen molar-refractivity contribution in [1.82, 2.24) is 0 Å². The number of Topliss-reactive ketones (excluding diaryl/α,β-unsaturated/α-hetero) is 1. The standard InChI is InChI=1S/C12H9ClOS2/c1-8(14)11-5-6-12(16-11)15-10-4-2-3-9(13)7-10/h2-7H,1H3. The minimum atomic E-state index is 0.114. The first-order chi connectivity index (χ1) is 7.65. The van der Waals surface area contributed by atoms with E-state index in [1.54, 1.807) is 18.7 Å². The Hall–Kier alpha value is -0.770. The van der Waals surface area contributed by atoms with Gasteiger partial charge in [-0.15, -0.1) is 11.3 Å². The van der Waals surface area contributed by atoms with Crippen LogP contribution in [0.3, 0.4) is 0 Å². The summed E-state index contributed by atoms with van der Waals surface area (Å²) < 4.78 is 1.10. The second-order valence-electron chi connectivity index (χ2n) is 3.23. The van der Waals surface area contributed by atoms with Gasteiger partial charge in [0.2, 0.25) is 0 Å². The number of benzene rings is 1. The van der Waals surface area contributed by atoms with Crippen LogP contribution in [0, 0.1) is 0 Å². The molecule has 0 N–H and O–H groups in total. The zero-order valence-electron chi connectivity index (χ0n) is 8.57. The molecule has 2 rings (SSSR count). The zero-order chi connectivity index (χ0) is 11.5. The van der Waals surface area contributed by atoms with Crippen LogP contribution in [0.1, 0.15) is 16.6 Å². The van der Waals surface area contributed by atoms with E-state index in [1.165, 1.54) is 11.3 Å². The highest BCUT2D eigenvalue weighted by atomic mass is 35.5. The molecule has 16 heavy (non-hydrogen) atoms. The van der Waals surface area contributed by atoms with Gasteiger partial charge in [0, 0.05) is 9.92 Å². The third kappa shape index (κ3) is 2.88. The van der Waals surface area contributed by atoms with Crippen molar-refractivity contribution in [2.45, 2.75) is 16.0 Å². The lowest BCUT2D eigenvalue weighted by molar-refractivity contribution is 0.102. The SMILES string of the molecule is CC(=O)c1ccc(Sc2cccc(Cl)c2)s1. The summed E-state index contributed by atoms with van der Waals surface area (Å²) in [5.74, 6) is 0.114. The van der Waals surface area contributed by atoms with Gasteiger partial charge in [-0.3, -0.25) is 4.79 Å². The van der Waals surface area contributed by atoms with Crippen LogP contribution in [0.5, 0.6) is 0 Å². The summed E-state index contributed by atoms with van der Waals surface area (Å²) in [6, 6.07) is 11.5. The van der Waals surface area contributed by atoms with Gasteiger partial charge < -0.3 is 0 Å². The fourth-order valence-electron chi connectivity index (χ4n) is 1.21. The maximum absolute atomic E-state index is 11.1. The minimum Gasteiger partial charge on any atom is -0.294 e. The Labute approximate surface area is 107 Å². The molecule has 0 bridgehead atoms. The van der Waals surface area contributed by atoms with E-state index in [4.69, 9.17) is 11.6 Å². The maximum atomic E-state index is 11.1. The van der Waals surface area contributed by atoms with E-state index < -0.39 is 0 Å². The molecule has 0 spiro atoms. The highest BCUT2D eigenvalue weighted by Gasteiger charge is 2.05. The molecular weight excluding hydrogens is 260 g/mol. The van der Waals surface area contributed by atoms with Crippen LogP contribution in [0.4, 0.5) is 0 Å². The van der Waals surface area contributed by atoms with Gasteiger partial charge in [-0.2, -0.15) is 0 Å². The van der Waals surface area contributed by atoms with Crippen molar-refractivity contribution in [3.05, 3.63) is 46.3 Å². The van der Waals surface area contributed by atoms with Gasteiger partial charge >= 0.3 is 0 Å². The predicted octanol–water partition coefficient (Wildman–Crippen LogP) is 4.76. The number of hydrogen-bond donors (Lipinski definition) is 0. The van der Waals surface area contributed by atoms with Crippen LogP contribution in [0.25, 0.3) is 0 Å². The highest BCUT2D eigenvalue weighted by Crippen LogP contribution is 2.34. The fraction of sp³-hybridized carbons (Fsp3) is 0.0833. The summed E-state index contributed by atoms with van der Waals surface area (Å²) in [7, 11) is 0. The Bertz CT molecular complexity index is 519. The van der Waals surface area contributed by atoms with Gasteiger partial charge in [0.1, 0.15) is 0 Å². The Balaban J connectivity index is 2.17. The first kappa shape index (κ1) is 11.7. The van der Waals surface area contributed by atoms with Crippen LogP contribution in [-0.4, -0.2) is 5.78 Å². The quantitative estimate of drug-likeness (QED) is 0.747. The van der Waals surface area contributed by atoms with E-state index in [9.17, 15) is 4.79 Å². The number of carbonyl (C=O) groups is 1. The molecule has 1 aromatic heterocycles. The summed E-state index contributed by atoms with van der Waals surface area (Å²) in [4.78, 5) is 13.0. The number of halogens is 1. The van der Waals surface area contributed by atoms with Gasteiger partial charge in [-0.05, 0) is 37.3 Å². The molecule has 0 radical (unpaired) electrons. The molecule has 1 heterocycles. The molecule has 0 atom stereocenters. The zero-order valence-corrected chi connectivity index (χ0v) is 11.0. The summed E-state index contributed by atoms with van der Waals surface area (Å²) in [5, 5.41) is 0.730. The highest BCUT2D eigenvalue weighted by molar-refractivity contribution is 8.01. The minimum absolute atomic E-state index is 0.114. The molecule has 4 heteroatoms. The average Bonchev–Trinajstić information content (AvgIpc) is 2.66. The van der Waals surface area contributed by atoms with Gasteiger partial charge in [-0.1, -0.05) is 29.4 Å². The lowest BCUT2D eigenvalue weighted by Crippen LogP contribution is -1.83. The van der Waals surface area contributed by atoms with Crippen molar-refractivity contribution in [2.24, 2.45) is 0 Å². The topological polar surface area (TPSA) is 17.1 Å². The molecule has 0 aliphatic carbocycles. The van der Waals surface area contributed by atoms with Crippen molar-refractivity contribution in [1.29, 1.82) is 0 Å². The molecule has 0 amide bonds. The van der Waals surface area contributed by atoms with E-state index >= 15 is 0 Å². The molecule has 0 fully saturated rings. The smallest absolute Gasteiger partial charge is 0.169 e. The molecule has 1 nitrogen and oxygen atoms in total. The first-order valence-corrected chi connectivity index (χ1v) is 6.70.